The van der Waals surface area contributed by atoms with Crippen molar-refractivity contribution in [3.8, 4) is 11.4 Å². The van der Waals surface area contributed by atoms with Gasteiger partial charge < -0.3 is 14.6 Å². The van der Waals surface area contributed by atoms with E-state index in [1.807, 2.05) is 45.6 Å². The number of imidazole rings is 1. The van der Waals surface area contributed by atoms with Crippen molar-refractivity contribution in [2.24, 2.45) is 0 Å². The van der Waals surface area contributed by atoms with E-state index >= 15 is 0 Å². The molecule has 32 heavy (non-hydrogen) atoms. The first-order valence-electron chi connectivity index (χ1n) is 10.5. The summed E-state index contributed by atoms with van der Waals surface area (Å²) in [5.41, 5.74) is 2.84. The maximum absolute atomic E-state index is 6.25. The van der Waals surface area contributed by atoms with Crippen LogP contribution in [-0.4, -0.2) is 31.4 Å². The average molecular weight is 469 g/mol. The molecule has 0 saturated heterocycles. The average Bonchev–Trinajstić information content (AvgIpc) is 3.34. The maximum Gasteiger partial charge on any atom is 0.246 e. The third kappa shape index (κ3) is 4.18. The lowest BCUT2D eigenvalue weighted by Crippen LogP contribution is -2.08. The van der Waals surface area contributed by atoms with Gasteiger partial charge in [-0.3, -0.25) is 0 Å². The van der Waals surface area contributed by atoms with E-state index in [2.05, 4.69) is 16.4 Å². The van der Waals surface area contributed by atoms with Crippen molar-refractivity contribution in [2.45, 2.75) is 31.7 Å². The van der Waals surface area contributed by atoms with Gasteiger partial charge in [0.05, 0.1) is 12.8 Å². The fourth-order valence-electron chi connectivity index (χ4n) is 4.14. The third-order valence-electron chi connectivity index (χ3n) is 5.64. The molecule has 0 radical (unpaired) electrons. The Hall–Kier alpha value is -3.03. The van der Waals surface area contributed by atoms with Crippen LogP contribution in [0.4, 0.5) is 11.6 Å². The fourth-order valence-corrected chi connectivity index (χ4v) is 4.48. The van der Waals surface area contributed by atoms with Crippen molar-refractivity contribution in [3.63, 3.8) is 0 Å². The molecule has 0 saturated carbocycles. The van der Waals surface area contributed by atoms with E-state index in [1.54, 1.807) is 19.6 Å². The van der Waals surface area contributed by atoms with Gasteiger partial charge in [0.25, 0.3) is 0 Å². The zero-order valence-electron chi connectivity index (χ0n) is 17.5. The number of benzene rings is 2. The number of anilines is 2. The monoisotopic (exact) mass is 468 g/mol. The van der Waals surface area contributed by atoms with Gasteiger partial charge in [-0.1, -0.05) is 41.8 Å². The summed E-state index contributed by atoms with van der Waals surface area (Å²) in [7, 11) is 1.63. The van der Waals surface area contributed by atoms with Gasteiger partial charge in [-0.2, -0.15) is 4.98 Å². The van der Waals surface area contributed by atoms with Crippen molar-refractivity contribution >= 4 is 34.8 Å². The van der Waals surface area contributed by atoms with Crippen LogP contribution in [0.2, 0.25) is 10.2 Å². The number of rotatable bonds is 5. The second-order valence-electron chi connectivity index (χ2n) is 7.74. The molecule has 0 bridgehead atoms. The summed E-state index contributed by atoms with van der Waals surface area (Å²) >= 11 is 12.2. The molecule has 5 rings (SSSR count). The summed E-state index contributed by atoms with van der Waals surface area (Å²) in [5, 5.41) is 9.22. The van der Waals surface area contributed by atoms with Gasteiger partial charge in [-0.25, -0.2) is 9.67 Å². The zero-order valence-corrected chi connectivity index (χ0v) is 19.0. The van der Waals surface area contributed by atoms with Crippen LogP contribution in [0, 0.1) is 0 Å². The molecule has 4 aromatic rings. The van der Waals surface area contributed by atoms with Crippen LogP contribution in [-0.2, 0) is 6.54 Å². The molecule has 1 N–H and O–H groups in total. The minimum atomic E-state index is 0.169. The van der Waals surface area contributed by atoms with Gasteiger partial charge >= 0.3 is 0 Å². The summed E-state index contributed by atoms with van der Waals surface area (Å²) in [5.74, 6) is 2.38. The molecule has 1 aliphatic rings. The van der Waals surface area contributed by atoms with Gasteiger partial charge in [-0.15, -0.1) is 5.10 Å². The minimum Gasteiger partial charge on any atom is -0.494 e. The lowest BCUT2D eigenvalue weighted by molar-refractivity contribution is 0.413. The molecule has 0 spiro atoms. The fraction of sp³-hybridized carbons (Fsp3) is 0.261. The molecule has 0 fully saturated rings. The molecule has 3 heterocycles. The predicted octanol–water partition coefficient (Wildman–Crippen LogP) is 5.84. The van der Waals surface area contributed by atoms with Crippen LogP contribution in [0.5, 0.6) is 5.75 Å². The molecule has 0 aliphatic carbocycles. The Bertz CT molecular complexity index is 1250. The van der Waals surface area contributed by atoms with Crippen LogP contribution < -0.4 is 10.1 Å². The largest absolute Gasteiger partial charge is 0.494 e. The number of fused-ring (bicyclic) bond motifs is 1. The lowest BCUT2D eigenvalue weighted by atomic mass is 9.94. The van der Waals surface area contributed by atoms with Crippen molar-refractivity contribution in [2.75, 3.05) is 12.4 Å². The Morgan fingerprint density at radius 3 is 2.81 bits per heavy atom. The summed E-state index contributed by atoms with van der Waals surface area (Å²) in [4.78, 5) is 8.92. The van der Waals surface area contributed by atoms with E-state index in [0.29, 0.717) is 16.9 Å². The Morgan fingerprint density at radius 2 is 2.03 bits per heavy atom. The SMILES string of the molecule is COc1cc(Nc2nc3n(n2)CCCC[C@H]3c2cccc(Cl)c2)ccc1-n1cnc(Cl)c1. The van der Waals surface area contributed by atoms with Gasteiger partial charge in [0, 0.05) is 35.4 Å². The Balaban J connectivity index is 1.44. The molecule has 7 nitrogen and oxygen atoms in total. The van der Waals surface area contributed by atoms with Crippen molar-refractivity contribution in [1.29, 1.82) is 0 Å². The van der Waals surface area contributed by atoms with Gasteiger partial charge in [0.2, 0.25) is 5.95 Å². The zero-order chi connectivity index (χ0) is 22.1. The van der Waals surface area contributed by atoms with Gasteiger partial charge in [-0.05, 0) is 42.7 Å². The van der Waals surface area contributed by atoms with E-state index in [4.69, 9.17) is 38.0 Å². The molecule has 1 aliphatic heterocycles. The number of ether oxygens (including phenoxy) is 1. The predicted molar refractivity (Wildman–Crippen MR) is 126 cm³/mol. The molecule has 0 unspecified atom stereocenters. The second kappa shape index (κ2) is 8.84. The molecule has 164 valence electrons. The Kier molecular flexibility index (Phi) is 5.76. The highest BCUT2D eigenvalue weighted by Crippen LogP contribution is 2.34. The number of nitrogens with zero attached hydrogens (tertiary/aromatic N) is 5. The highest BCUT2D eigenvalue weighted by molar-refractivity contribution is 6.30. The van der Waals surface area contributed by atoms with Crippen LogP contribution in [0.15, 0.2) is 55.0 Å². The smallest absolute Gasteiger partial charge is 0.246 e. The number of aryl methyl sites for hydroxylation is 1. The van der Waals surface area contributed by atoms with E-state index in [1.165, 1.54) is 5.56 Å². The normalized spacial score (nSPS) is 15.8. The molecule has 0 amide bonds. The lowest BCUT2D eigenvalue weighted by Gasteiger charge is -2.14. The molecular weight excluding hydrogens is 447 g/mol. The van der Waals surface area contributed by atoms with Crippen LogP contribution in [0.3, 0.4) is 0 Å². The number of hydrogen-bond donors (Lipinski definition) is 1. The van der Waals surface area contributed by atoms with E-state index < -0.39 is 0 Å². The second-order valence-corrected chi connectivity index (χ2v) is 8.56. The molecule has 1 atom stereocenters. The first-order chi connectivity index (χ1) is 15.6. The number of nitrogens with one attached hydrogen (secondary N) is 1. The highest BCUT2D eigenvalue weighted by atomic mass is 35.5. The number of hydrogen-bond acceptors (Lipinski definition) is 5. The topological polar surface area (TPSA) is 69.8 Å². The van der Waals surface area contributed by atoms with E-state index in [0.717, 1.165) is 48.0 Å². The van der Waals surface area contributed by atoms with E-state index in [-0.39, 0.29) is 5.92 Å². The number of methoxy groups -OCH3 is 1. The first-order valence-corrected chi connectivity index (χ1v) is 11.2. The summed E-state index contributed by atoms with van der Waals surface area (Å²) in [6.07, 6.45) is 6.60. The molecular formula is C23H22Cl2N6O. The van der Waals surface area contributed by atoms with E-state index in [9.17, 15) is 0 Å². The Morgan fingerprint density at radius 1 is 1.12 bits per heavy atom. The molecule has 2 aromatic heterocycles. The van der Waals surface area contributed by atoms with Crippen molar-refractivity contribution in [1.82, 2.24) is 24.3 Å². The summed E-state index contributed by atoms with van der Waals surface area (Å²) in [6.45, 7) is 0.852. The van der Waals surface area contributed by atoms with Crippen LogP contribution >= 0.6 is 23.2 Å². The molecule has 9 heteroatoms. The van der Waals surface area contributed by atoms with Crippen LogP contribution in [0.25, 0.3) is 5.69 Å². The molecule has 2 aromatic carbocycles. The Labute approximate surface area is 196 Å². The standard InChI is InChI=1S/C23H22Cl2N6O/c1-32-20-12-17(8-9-19(20)30-13-21(25)26-14-30)27-23-28-22-18(7-2-3-10-31(22)29-23)15-5-4-6-16(24)11-15/h4-6,8-9,11-14,18H,2-3,7,10H2,1H3,(H,27,29)/t18-/m0/s1. The third-order valence-corrected chi connectivity index (χ3v) is 6.07. The maximum atomic E-state index is 6.25. The highest BCUT2D eigenvalue weighted by Gasteiger charge is 2.25. The first kappa shape index (κ1) is 20.8. The van der Waals surface area contributed by atoms with Gasteiger partial charge in [0.15, 0.2) is 0 Å². The minimum absolute atomic E-state index is 0.169. The van der Waals surface area contributed by atoms with Crippen LogP contribution in [0.1, 0.15) is 36.6 Å². The van der Waals surface area contributed by atoms with Gasteiger partial charge in [0.1, 0.15) is 23.1 Å². The summed E-state index contributed by atoms with van der Waals surface area (Å²) < 4.78 is 9.41. The summed E-state index contributed by atoms with van der Waals surface area (Å²) in [6, 6.07) is 13.8. The quantitative estimate of drug-likeness (QED) is 0.398. The van der Waals surface area contributed by atoms with Crippen molar-refractivity contribution < 1.29 is 4.74 Å². The van der Waals surface area contributed by atoms with Crippen molar-refractivity contribution in [3.05, 3.63) is 76.6 Å². The number of halogens is 2. The number of aromatic nitrogens is 5.